The monoisotopic (exact) mass is 340 g/mol. The first kappa shape index (κ1) is 17.6. The van der Waals surface area contributed by atoms with Crippen LogP contribution in [0.25, 0.3) is 0 Å². The molecule has 1 aromatic rings. The number of aromatic nitrogens is 1. The molecule has 4 nitrogen and oxygen atoms in total. The summed E-state index contributed by atoms with van der Waals surface area (Å²) in [6.07, 6.45) is 0.926. The van der Waals surface area contributed by atoms with E-state index < -0.39 is 0 Å². The zero-order valence-corrected chi connectivity index (χ0v) is 15.8. The lowest BCUT2D eigenvalue weighted by Gasteiger charge is -2.36. The Balaban J connectivity index is 1.94. The summed E-state index contributed by atoms with van der Waals surface area (Å²) in [5.74, 6) is 2.98. The van der Waals surface area contributed by atoms with Crippen LogP contribution >= 0.6 is 23.1 Å². The summed E-state index contributed by atoms with van der Waals surface area (Å²) in [5, 5.41) is 7.44. The molecule has 0 amide bonds. The molecule has 22 heavy (non-hydrogen) atoms. The summed E-state index contributed by atoms with van der Waals surface area (Å²) < 4.78 is 0. The second kappa shape index (κ2) is 8.77. The lowest BCUT2D eigenvalue weighted by Crippen LogP contribution is -2.49. The highest BCUT2D eigenvalue weighted by molar-refractivity contribution is 8.00. The average molecular weight is 341 g/mol. The van der Waals surface area contributed by atoms with Crippen LogP contribution in [0.5, 0.6) is 0 Å². The van der Waals surface area contributed by atoms with Crippen molar-refractivity contribution in [3.63, 3.8) is 0 Å². The molecule has 1 atom stereocenters. The Morgan fingerprint density at radius 1 is 1.55 bits per heavy atom. The third-order valence-corrected chi connectivity index (χ3v) is 6.13. The summed E-state index contributed by atoms with van der Waals surface area (Å²) in [6, 6.07) is 0. The minimum absolute atomic E-state index is 0.707. The van der Waals surface area contributed by atoms with Crippen molar-refractivity contribution in [2.45, 2.75) is 39.4 Å². The predicted molar refractivity (Wildman–Crippen MR) is 99.2 cm³/mol. The van der Waals surface area contributed by atoms with Crippen LogP contribution in [0.3, 0.4) is 0 Å². The molecule has 0 saturated carbocycles. The van der Waals surface area contributed by atoms with Crippen LogP contribution in [0.1, 0.15) is 31.5 Å². The van der Waals surface area contributed by atoms with Gasteiger partial charge < -0.3 is 10.2 Å². The van der Waals surface area contributed by atoms with E-state index in [1.165, 1.54) is 5.75 Å². The molecule has 1 saturated heterocycles. The molecule has 0 spiro atoms. The third kappa shape index (κ3) is 5.16. The summed E-state index contributed by atoms with van der Waals surface area (Å²) in [4.78, 5) is 11.8. The fourth-order valence-electron chi connectivity index (χ4n) is 2.50. The molecular formula is C16H28N4S2. The summed E-state index contributed by atoms with van der Waals surface area (Å²) in [7, 11) is 0. The molecular weight excluding hydrogens is 312 g/mol. The Bertz CT molecular complexity index is 484. The van der Waals surface area contributed by atoms with Crippen molar-refractivity contribution in [2.75, 3.05) is 31.9 Å². The number of aliphatic imine (C=N–C) groups is 1. The van der Waals surface area contributed by atoms with Gasteiger partial charge in [0.2, 0.25) is 0 Å². The predicted octanol–water partition coefficient (Wildman–Crippen LogP) is 3.03. The Morgan fingerprint density at radius 3 is 3.00 bits per heavy atom. The SMILES string of the molecule is CCNC(=NCCc1csc(C)n1)N1CCSC(C(C)C)C1. The lowest BCUT2D eigenvalue weighted by molar-refractivity contribution is 0.381. The first-order chi connectivity index (χ1) is 10.6. The summed E-state index contributed by atoms with van der Waals surface area (Å²) in [6.45, 7) is 12.7. The van der Waals surface area contributed by atoms with Gasteiger partial charge in [-0.25, -0.2) is 4.98 Å². The Morgan fingerprint density at radius 2 is 2.36 bits per heavy atom. The van der Waals surface area contributed by atoms with Crippen LogP contribution in [0.2, 0.25) is 0 Å². The van der Waals surface area contributed by atoms with Gasteiger partial charge in [-0.05, 0) is 19.8 Å². The third-order valence-electron chi connectivity index (χ3n) is 3.77. The van der Waals surface area contributed by atoms with Crippen molar-refractivity contribution in [3.8, 4) is 0 Å². The highest BCUT2D eigenvalue weighted by Crippen LogP contribution is 2.24. The van der Waals surface area contributed by atoms with Crippen molar-refractivity contribution in [1.82, 2.24) is 15.2 Å². The van der Waals surface area contributed by atoms with Gasteiger partial charge >= 0.3 is 0 Å². The molecule has 2 heterocycles. The van der Waals surface area contributed by atoms with Gasteiger partial charge in [0.1, 0.15) is 0 Å². The highest BCUT2D eigenvalue weighted by atomic mass is 32.2. The van der Waals surface area contributed by atoms with E-state index in [0.29, 0.717) is 11.2 Å². The van der Waals surface area contributed by atoms with Crippen molar-refractivity contribution in [1.29, 1.82) is 0 Å². The van der Waals surface area contributed by atoms with E-state index in [-0.39, 0.29) is 0 Å². The largest absolute Gasteiger partial charge is 0.357 e. The number of hydrogen-bond donors (Lipinski definition) is 1. The first-order valence-electron chi connectivity index (χ1n) is 8.16. The quantitative estimate of drug-likeness (QED) is 0.661. The molecule has 124 valence electrons. The fourth-order valence-corrected chi connectivity index (χ4v) is 4.44. The van der Waals surface area contributed by atoms with E-state index >= 15 is 0 Å². The van der Waals surface area contributed by atoms with Crippen LogP contribution in [0.4, 0.5) is 0 Å². The number of aryl methyl sites for hydroxylation is 1. The van der Waals surface area contributed by atoms with Gasteiger partial charge in [-0.1, -0.05) is 13.8 Å². The molecule has 0 radical (unpaired) electrons. The van der Waals surface area contributed by atoms with Gasteiger partial charge in [-0.3, -0.25) is 4.99 Å². The lowest BCUT2D eigenvalue weighted by atomic mass is 10.1. The van der Waals surface area contributed by atoms with Crippen LogP contribution in [-0.4, -0.2) is 53.0 Å². The van der Waals surface area contributed by atoms with Gasteiger partial charge in [0.05, 0.1) is 10.7 Å². The molecule has 1 N–H and O–H groups in total. The van der Waals surface area contributed by atoms with Gasteiger partial charge in [-0.15, -0.1) is 11.3 Å². The van der Waals surface area contributed by atoms with Crippen LogP contribution in [0, 0.1) is 12.8 Å². The minimum Gasteiger partial charge on any atom is -0.357 e. The van der Waals surface area contributed by atoms with Crippen molar-refractivity contribution in [2.24, 2.45) is 10.9 Å². The van der Waals surface area contributed by atoms with E-state index in [0.717, 1.165) is 49.3 Å². The van der Waals surface area contributed by atoms with Gasteiger partial charge in [-0.2, -0.15) is 11.8 Å². The molecule has 1 aliphatic rings. The number of thioether (sulfide) groups is 1. The summed E-state index contributed by atoms with van der Waals surface area (Å²) >= 11 is 3.82. The maximum Gasteiger partial charge on any atom is 0.193 e. The maximum atomic E-state index is 4.82. The topological polar surface area (TPSA) is 40.5 Å². The number of hydrogen-bond acceptors (Lipinski definition) is 4. The van der Waals surface area contributed by atoms with E-state index in [1.54, 1.807) is 11.3 Å². The molecule has 6 heteroatoms. The average Bonchev–Trinajstić information content (AvgIpc) is 2.92. The standard InChI is InChI=1S/C16H28N4S2/c1-5-17-16(18-7-6-14-11-22-13(4)19-14)20-8-9-21-15(10-20)12(2)3/h11-12,15H,5-10H2,1-4H3,(H,17,18). The van der Waals surface area contributed by atoms with Crippen molar-refractivity contribution < 1.29 is 0 Å². The zero-order valence-electron chi connectivity index (χ0n) is 14.1. The number of nitrogens with zero attached hydrogens (tertiary/aromatic N) is 3. The Labute approximate surface area is 142 Å². The molecule has 0 bridgehead atoms. The number of nitrogens with one attached hydrogen (secondary N) is 1. The van der Waals surface area contributed by atoms with E-state index in [4.69, 9.17) is 4.99 Å². The van der Waals surface area contributed by atoms with E-state index in [1.807, 2.05) is 0 Å². The second-order valence-corrected chi connectivity index (χ2v) is 8.35. The van der Waals surface area contributed by atoms with Crippen LogP contribution < -0.4 is 5.32 Å². The van der Waals surface area contributed by atoms with E-state index in [2.05, 4.69) is 60.0 Å². The number of thiazole rings is 1. The molecule has 2 rings (SSSR count). The molecule has 0 aliphatic carbocycles. The fraction of sp³-hybridized carbons (Fsp3) is 0.750. The van der Waals surface area contributed by atoms with Crippen LogP contribution in [0.15, 0.2) is 10.4 Å². The van der Waals surface area contributed by atoms with Gasteiger partial charge in [0.15, 0.2) is 5.96 Å². The second-order valence-electron chi connectivity index (χ2n) is 5.94. The Kier molecular flexibility index (Phi) is 7.02. The van der Waals surface area contributed by atoms with Gasteiger partial charge in [0.25, 0.3) is 0 Å². The minimum atomic E-state index is 0.707. The van der Waals surface area contributed by atoms with Crippen LogP contribution in [-0.2, 0) is 6.42 Å². The molecule has 1 aliphatic heterocycles. The number of guanidine groups is 1. The first-order valence-corrected chi connectivity index (χ1v) is 10.1. The van der Waals surface area contributed by atoms with Crippen molar-refractivity contribution >= 4 is 29.1 Å². The van der Waals surface area contributed by atoms with E-state index in [9.17, 15) is 0 Å². The Hall–Kier alpha value is -0.750. The molecule has 1 unspecified atom stereocenters. The molecule has 0 aromatic carbocycles. The van der Waals surface area contributed by atoms with Crippen molar-refractivity contribution in [3.05, 3.63) is 16.1 Å². The normalized spacial score (nSPS) is 19.8. The maximum absolute atomic E-state index is 4.82. The smallest absolute Gasteiger partial charge is 0.193 e. The van der Waals surface area contributed by atoms with Gasteiger partial charge in [0, 0.05) is 49.0 Å². The molecule has 1 fully saturated rings. The molecule has 1 aromatic heterocycles. The zero-order chi connectivity index (χ0) is 15.9. The summed E-state index contributed by atoms with van der Waals surface area (Å²) in [5.41, 5.74) is 1.16. The highest BCUT2D eigenvalue weighted by Gasteiger charge is 2.24. The number of rotatable bonds is 5.